The van der Waals surface area contributed by atoms with Gasteiger partial charge in [-0.05, 0) is 0 Å². The summed E-state index contributed by atoms with van der Waals surface area (Å²) in [5.74, 6) is -8.27. The molecule has 1 radical (unpaired) electrons. The van der Waals surface area contributed by atoms with Crippen molar-refractivity contribution >= 4 is 45.2 Å². The third-order valence-electron chi connectivity index (χ3n) is 0.728. The molecule has 0 spiro atoms. The monoisotopic (exact) mass is 547 g/mol. The molecule has 0 aromatic rings. The van der Waals surface area contributed by atoms with E-state index < -0.39 is 36.4 Å². The van der Waals surface area contributed by atoms with Crippen molar-refractivity contribution in [2.45, 2.75) is 18.5 Å². The second kappa shape index (κ2) is 10.4. The van der Waals surface area contributed by atoms with E-state index in [1.807, 2.05) is 0 Å². The maximum absolute atomic E-state index is 10.6. The number of aliphatic carboxylic acids is 3. The molecule has 0 unspecified atom stereocenters. The molecule has 16 heteroatoms. The fourth-order valence-electron chi connectivity index (χ4n) is 0. The molecule has 0 saturated carbocycles. The first-order valence-electron chi connectivity index (χ1n) is 3.73. The van der Waals surface area contributed by atoms with Gasteiger partial charge in [0, 0.05) is 27.3 Å². The van der Waals surface area contributed by atoms with Gasteiger partial charge in [0.1, 0.15) is 0 Å². The minimum absolute atomic E-state index is 0. The van der Waals surface area contributed by atoms with Crippen LogP contribution in [-0.2, 0) is 14.4 Å². The summed E-state index contributed by atoms with van der Waals surface area (Å²) in [5.41, 5.74) is 0. The van der Waals surface area contributed by atoms with Gasteiger partial charge in [-0.25, -0.2) is 14.4 Å². The molecule has 0 saturated heterocycles. The molecule has 0 aromatic heterocycles. The van der Waals surface area contributed by atoms with Gasteiger partial charge in [0.05, 0.1) is 0 Å². The van der Waals surface area contributed by atoms with E-state index >= 15 is 0 Å². The zero-order valence-corrected chi connectivity index (χ0v) is 14.0. The van der Waals surface area contributed by atoms with Crippen LogP contribution in [0.3, 0.4) is 0 Å². The average molecular weight is 546 g/mol. The average Bonchev–Trinajstić information content (AvgIpc) is 2.14. The van der Waals surface area contributed by atoms with E-state index in [1.54, 1.807) is 0 Å². The normalized spacial score (nSPS) is 10.8. The molecule has 0 aliphatic rings. The van der Waals surface area contributed by atoms with Crippen molar-refractivity contribution in [2.75, 3.05) is 0 Å². The molecule has 0 heterocycles. The number of hydrogen-bond donors (Lipinski definition) is 3. The van der Waals surface area contributed by atoms with E-state index in [2.05, 4.69) is 0 Å². The van der Waals surface area contributed by atoms with Gasteiger partial charge in [-0.3, -0.25) is 0 Å². The topological polar surface area (TPSA) is 112 Å². The Balaban J connectivity index is -0.000000108. The molecule has 129 valence electrons. The second-order valence-electron chi connectivity index (χ2n) is 2.41. The predicted molar refractivity (Wildman–Crippen MR) is 46.8 cm³/mol. The van der Waals surface area contributed by atoms with Crippen LogP contribution in [0.15, 0.2) is 0 Å². The van der Waals surface area contributed by atoms with Crippen LogP contribution < -0.4 is 0 Å². The number of carboxylic acid groups (broad SMARTS) is 3. The molecule has 0 aromatic carbocycles. The number of carboxylic acids is 3. The van der Waals surface area contributed by atoms with Crippen LogP contribution in [-0.4, -0.2) is 79.1 Å². The third-order valence-corrected chi connectivity index (χ3v) is 0.728. The molecule has 0 bridgehead atoms. The molecule has 0 amide bonds. The molecule has 6 nitrogen and oxygen atoms in total. The smallest absolute Gasteiger partial charge is 0.475 e. The van der Waals surface area contributed by atoms with Gasteiger partial charge in [-0.1, -0.05) is 0 Å². The zero-order valence-electron chi connectivity index (χ0n) is 9.55. The summed E-state index contributed by atoms with van der Waals surface area (Å²) in [6, 6.07) is 0. The summed E-state index contributed by atoms with van der Waals surface area (Å²) in [6.07, 6.45) is -15.3. The van der Waals surface area contributed by atoms with Crippen LogP contribution in [0.4, 0.5) is 39.5 Å². The molecule has 0 aliphatic heterocycles. The molecule has 0 fully saturated rings. The molecule has 22 heavy (non-hydrogen) atoms. The Morgan fingerprint density at radius 3 is 0.545 bits per heavy atom. The largest absolute Gasteiger partial charge is 0.490 e. The Hall–Kier alpha value is -1.30. The van der Waals surface area contributed by atoms with E-state index in [4.69, 9.17) is 29.7 Å². The summed E-state index contributed by atoms with van der Waals surface area (Å²) in [5, 5.41) is 21.4. The molecular weight excluding hydrogens is 543 g/mol. The standard InChI is InChI=1S/3C2HF3O2.Tl/c3*3-2(4,5)1(6)7;/h3*(H,6,7);. The van der Waals surface area contributed by atoms with Gasteiger partial charge in [0.25, 0.3) is 0 Å². The summed E-state index contributed by atoms with van der Waals surface area (Å²) in [4.78, 5) is 26.7. The van der Waals surface area contributed by atoms with Gasteiger partial charge < -0.3 is 15.3 Å². The number of carbonyl (C=O) groups is 3. The zero-order chi connectivity index (χ0) is 18.2. The quantitative estimate of drug-likeness (QED) is 0.314. The number of alkyl halides is 9. The summed E-state index contributed by atoms with van der Waals surface area (Å²) < 4.78 is 95.2. The summed E-state index contributed by atoms with van der Waals surface area (Å²) >= 11 is 0. The summed E-state index contributed by atoms with van der Waals surface area (Å²) in [6.45, 7) is 0. The van der Waals surface area contributed by atoms with Crippen molar-refractivity contribution in [3.63, 3.8) is 0 Å². The fourth-order valence-corrected chi connectivity index (χ4v) is 0. The van der Waals surface area contributed by atoms with Gasteiger partial charge >= 0.3 is 36.4 Å². The van der Waals surface area contributed by atoms with E-state index in [0.29, 0.717) is 0 Å². The van der Waals surface area contributed by atoms with Crippen molar-refractivity contribution in [1.29, 1.82) is 0 Å². The van der Waals surface area contributed by atoms with Crippen LogP contribution in [0, 0.1) is 0 Å². The Bertz CT molecular complexity index is 313. The minimum Gasteiger partial charge on any atom is -0.475 e. The van der Waals surface area contributed by atoms with Crippen molar-refractivity contribution in [3.05, 3.63) is 0 Å². The van der Waals surface area contributed by atoms with Crippen LogP contribution in [0.5, 0.6) is 0 Å². The molecule has 0 aliphatic carbocycles. The van der Waals surface area contributed by atoms with Crippen LogP contribution in [0.2, 0.25) is 0 Å². The SMILES string of the molecule is O=C(O)C(F)(F)F.O=C(O)C(F)(F)F.O=C(O)C(F)(F)F.[Tl]. The van der Waals surface area contributed by atoms with E-state index in [9.17, 15) is 39.5 Å². The Morgan fingerprint density at radius 2 is 0.545 bits per heavy atom. The molecule has 0 atom stereocenters. The Labute approximate surface area is 133 Å². The predicted octanol–water partition coefficient (Wildman–Crippen LogP) is 1.52. The van der Waals surface area contributed by atoms with E-state index in [0.717, 1.165) is 0 Å². The molecular formula is C6H3F9O6Tl. The van der Waals surface area contributed by atoms with Gasteiger partial charge in [0.2, 0.25) is 0 Å². The first kappa shape index (κ1) is 28.8. The first-order chi connectivity index (χ1) is 8.83. The maximum atomic E-state index is 10.6. The van der Waals surface area contributed by atoms with Crippen molar-refractivity contribution in [1.82, 2.24) is 0 Å². The second-order valence-corrected chi connectivity index (χ2v) is 2.41. The van der Waals surface area contributed by atoms with Crippen LogP contribution in [0.25, 0.3) is 0 Å². The van der Waals surface area contributed by atoms with Crippen molar-refractivity contribution in [2.24, 2.45) is 0 Å². The van der Waals surface area contributed by atoms with Crippen molar-refractivity contribution < 1.29 is 69.2 Å². The first-order valence-corrected chi connectivity index (χ1v) is 3.73. The van der Waals surface area contributed by atoms with E-state index in [1.165, 1.54) is 0 Å². The van der Waals surface area contributed by atoms with Gasteiger partial charge in [0.15, 0.2) is 0 Å². The number of hydrogen-bond acceptors (Lipinski definition) is 3. The van der Waals surface area contributed by atoms with E-state index in [-0.39, 0.29) is 27.3 Å². The van der Waals surface area contributed by atoms with Crippen molar-refractivity contribution in [3.8, 4) is 0 Å². The Morgan fingerprint density at radius 1 is 0.500 bits per heavy atom. The number of rotatable bonds is 0. The van der Waals surface area contributed by atoms with Crippen LogP contribution in [0.1, 0.15) is 0 Å². The molecule has 3 N–H and O–H groups in total. The minimum atomic E-state index is -5.08. The maximum Gasteiger partial charge on any atom is 0.490 e. The summed E-state index contributed by atoms with van der Waals surface area (Å²) in [7, 11) is 0. The Kier molecular flexibility index (Phi) is 13.7. The third kappa shape index (κ3) is 21.0. The fraction of sp³-hybridized carbons (Fsp3) is 0.500. The van der Waals surface area contributed by atoms with Gasteiger partial charge in [-0.15, -0.1) is 0 Å². The van der Waals surface area contributed by atoms with Gasteiger partial charge in [-0.2, -0.15) is 39.5 Å². The molecule has 0 rings (SSSR count). The van der Waals surface area contributed by atoms with Crippen LogP contribution >= 0.6 is 0 Å². The number of halogens is 9.